The van der Waals surface area contributed by atoms with Gasteiger partial charge >= 0.3 is 0 Å². The van der Waals surface area contributed by atoms with Gasteiger partial charge in [0.15, 0.2) is 0 Å². The first-order chi connectivity index (χ1) is 6.83. The van der Waals surface area contributed by atoms with Gasteiger partial charge in [0.05, 0.1) is 13.2 Å². The maximum absolute atomic E-state index is 10.9. The molecule has 2 N–H and O–H groups in total. The van der Waals surface area contributed by atoms with Crippen LogP contribution in [-0.2, 0) is 9.53 Å². The van der Waals surface area contributed by atoms with Crippen LogP contribution in [0.4, 0.5) is 0 Å². The van der Waals surface area contributed by atoms with Gasteiger partial charge in [0.1, 0.15) is 0 Å². The van der Waals surface area contributed by atoms with Crippen LogP contribution in [-0.4, -0.2) is 39.3 Å². The number of amides is 1. The minimum Gasteiger partial charge on any atom is -0.381 e. The molecule has 1 fully saturated rings. The molecule has 0 aromatic rings. The Morgan fingerprint density at radius 1 is 1.64 bits per heavy atom. The molecule has 4 heteroatoms. The summed E-state index contributed by atoms with van der Waals surface area (Å²) >= 11 is 0. The van der Waals surface area contributed by atoms with Gasteiger partial charge < -0.3 is 15.4 Å². The highest BCUT2D eigenvalue weighted by Crippen LogP contribution is 2.09. The van der Waals surface area contributed by atoms with Gasteiger partial charge in [-0.15, -0.1) is 0 Å². The molecule has 1 aliphatic heterocycles. The van der Waals surface area contributed by atoms with Crippen molar-refractivity contribution in [3.63, 3.8) is 0 Å². The van der Waals surface area contributed by atoms with E-state index in [0.717, 1.165) is 19.7 Å². The van der Waals surface area contributed by atoms with E-state index in [2.05, 4.69) is 10.6 Å². The van der Waals surface area contributed by atoms with E-state index in [-0.39, 0.29) is 5.91 Å². The van der Waals surface area contributed by atoms with Crippen LogP contribution >= 0.6 is 0 Å². The molecule has 0 saturated carbocycles. The smallest absolute Gasteiger partial charge is 0.222 e. The quantitative estimate of drug-likeness (QED) is 0.621. The summed E-state index contributed by atoms with van der Waals surface area (Å²) in [4.78, 5) is 10.9. The van der Waals surface area contributed by atoms with Crippen molar-refractivity contribution in [2.45, 2.75) is 19.3 Å². The van der Waals surface area contributed by atoms with Crippen LogP contribution in [0.1, 0.15) is 19.3 Å². The van der Waals surface area contributed by atoms with Gasteiger partial charge in [-0.25, -0.2) is 0 Å². The molecule has 1 aliphatic rings. The standard InChI is InChI=1S/C10H20N2O2/c1-11-10(13)4-6-14-8-9-3-2-5-12-7-9/h9,12H,2-8H2,1H3,(H,11,13). The number of carbonyl (C=O) groups is 1. The topological polar surface area (TPSA) is 50.4 Å². The first-order valence-corrected chi connectivity index (χ1v) is 5.32. The number of piperidine rings is 1. The maximum atomic E-state index is 10.9. The predicted molar refractivity (Wildman–Crippen MR) is 55.1 cm³/mol. The minimum atomic E-state index is 0.0479. The third kappa shape index (κ3) is 4.58. The fraction of sp³-hybridized carbons (Fsp3) is 0.900. The molecule has 0 radical (unpaired) electrons. The van der Waals surface area contributed by atoms with E-state index in [9.17, 15) is 4.79 Å². The van der Waals surface area contributed by atoms with Crippen LogP contribution in [0.15, 0.2) is 0 Å². The number of hydrogen-bond acceptors (Lipinski definition) is 3. The second kappa shape index (κ2) is 6.79. The van der Waals surface area contributed by atoms with E-state index in [1.807, 2.05) is 0 Å². The number of rotatable bonds is 5. The van der Waals surface area contributed by atoms with Crippen LogP contribution in [0, 0.1) is 5.92 Å². The van der Waals surface area contributed by atoms with Crippen molar-refractivity contribution < 1.29 is 9.53 Å². The lowest BCUT2D eigenvalue weighted by Gasteiger charge is -2.22. The molecule has 0 aromatic carbocycles. The van der Waals surface area contributed by atoms with Gasteiger partial charge in [-0.1, -0.05) is 0 Å². The van der Waals surface area contributed by atoms with Crippen molar-refractivity contribution in [2.24, 2.45) is 5.92 Å². The Labute approximate surface area is 85.4 Å². The second-order valence-electron chi connectivity index (χ2n) is 3.71. The summed E-state index contributed by atoms with van der Waals surface area (Å²) in [7, 11) is 1.65. The van der Waals surface area contributed by atoms with Gasteiger partial charge in [0.25, 0.3) is 0 Å². The highest BCUT2D eigenvalue weighted by molar-refractivity contribution is 5.75. The van der Waals surface area contributed by atoms with Gasteiger partial charge in [0, 0.05) is 20.0 Å². The molecule has 1 heterocycles. The lowest BCUT2D eigenvalue weighted by atomic mass is 10.0. The number of ether oxygens (including phenoxy) is 1. The van der Waals surface area contributed by atoms with Crippen molar-refractivity contribution >= 4 is 5.91 Å². The van der Waals surface area contributed by atoms with E-state index in [4.69, 9.17) is 4.74 Å². The lowest BCUT2D eigenvalue weighted by molar-refractivity contribution is -0.121. The van der Waals surface area contributed by atoms with Gasteiger partial charge in [-0.2, -0.15) is 0 Å². The van der Waals surface area contributed by atoms with Crippen LogP contribution in [0.5, 0.6) is 0 Å². The molecule has 1 atom stereocenters. The third-order valence-corrected chi connectivity index (χ3v) is 2.50. The molecule has 1 unspecified atom stereocenters. The van der Waals surface area contributed by atoms with Crippen molar-refractivity contribution in [1.82, 2.24) is 10.6 Å². The minimum absolute atomic E-state index is 0.0479. The first kappa shape index (κ1) is 11.5. The SMILES string of the molecule is CNC(=O)CCOCC1CCCNC1. The number of nitrogens with one attached hydrogen (secondary N) is 2. The summed E-state index contributed by atoms with van der Waals surface area (Å²) in [5, 5.41) is 5.91. The summed E-state index contributed by atoms with van der Waals surface area (Å²) in [6, 6.07) is 0. The second-order valence-corrected chi connectivity index (χ2v) is 3.71. The molecule has 0 bridgehead atoms. The molecule has 14 heavy (non-hydrogen) atoms. The Kier molecular flexibility index (Phi) is 5.56. The van der Waals surface area contributed by atoms with Crippen molar-refractivity contribution in [3.8, 4) is 0 Å². The number of hydrogen-bond donors (Lipinski definition) is 2. The third-order valence-electron chi connectivity index (χ3n) is 2.50. The average Bonchev–Trinajstić information content (AvgIpc) is 2.25. The zero-order chi connectivity index (χ0) is 10.2. The summed E-state index contributed by atoms with van der Waals surface area (Å²) in [5.74, 6) is 0.681. The Hall–Kier alpha value is -0.610. The molecule has 0 aliphatic carbocycles. The maximum Gasteiger partial charge on any atom is 0.222 e. The fourth-order valence-electron chi connectivity index (χ4n) is 1.61. The van der Waals surface area contributed by atoms with Crippen LogP contribution in [0.3, 0.4) is 0 Å². The van der Waals surface area contributed by atoms with Crippen molar-refractivity contribution in [3.05, 3.63) is 0 Å². The molecule has 1 saturated heterocycles. The zero-order valence-electron chi connectivity index (χ0n) is 8.84. The molecule has 1 rings (SSSR count). The summed E-state index contributed by atoms with van der Waals surface area (Å²) < 4.78 is 5.44. The van der Waals surface area contributed by atoms with E-state index < -0.39 is 0 Å². The van der Waals surface area contributed by atoms with Crippen LogP contribution in [0.25, 0.3) is 0 Å². The zero-order valence-corrected chi connectivity index (χ0v) is 8.84. The average molecular weight is 200 g/mol. The molecular formula is C10H20N2O2. The van der Waals surface area contributed by atoms with Crippen LogP contribution in [0.2, 0.25) is 0 Å². The molecule has 82 valence electrons. The molecular weight excluding hydrogens is 180 g/mol. The van der Waals surface area contributed by atoms with Gasteiger partial charge in [-0.05, 0) is 25.3 Å². The van der Waals surface area contributed by atoms with Crippen molar-refractivity contribution in [2.75, 3.05) is 33.4 Å². The van der Waals surface area contributed by atoms with Gasteiger partial charge in [0.2, 0.25) is 5.91 Å². The lowest BCUT2D eigenvalue weighted by Crippen LogP contribution is -2.32. The van der Waals surface area contributed by atoms with E-state index >= 15 is 0 Å². The largest absolute Gasteiger partial charge is 0.381 e. The Morgan fingerprint density at radius 3 is 3.14 bits per heavy atom. The fourth-order valence-corrected chi connectivity index (χ4v) is 1.61. The van der Waals surface area contributed by atoms with Crippen LogP contribution < -0.4 is 10.6 Å². The summed E-state index contributed by atoms with van der Waals surface area (Å²) in [6.07, 6.45) is 2.95. The van der Waals surface area contributed by atoms with E-state index in [1.165, 1.54) is 12.8 Å². The summed E-state index contributed by atoms with van der Waals surface area (Å²) in [6.45, 7) is 3.51. The highest BCUT2D eigenvalue weighted by Gasteiger charge is 2.12. The molecule has 0 aromatic heterocycles. The Morgan fingerprint density at radius 2 is 2.50 bits per heavy atom. The van der Waals surface area contributed by atoms with Gasteiger partial charge in [-0.3, -0.25) is 4.79 Å². The summed E-state index contributed by atoms with van der Waals surface area (Å²) in [5.41, 5.74) is 0. The Balaban J connectivity index is 1.94. The normalized spacial score (nSPS) is 21.9. The van der Waals surface area contributed by atoms with Crippen molar-refractivity contribution in [1.29, 1.82) is 0 Å². The number of carbonyl (C=O) groups excluding carboxylic acids is 1. The predicted octanol–water partition coefficient (Wildman–Crippen LogP) is 0.139. The Bertz CT molecular complexity index is 168. The molecule has 1 amide bonds. The first-order valence-electron chi connectivity index (χ1n) is 5.32. The van der Waals surface area contributed by atoms with E-state index in [0.29, 0.717) is 18.9 Å². The molecule has 0 spiro atoms. The highest BCUT2D eigenvalue weighted by atomic mass is 16.5. The monoisotopic (exact) mass is 200 g/mol. The van der Waals surface area contributed by atoms with E-state index in [1.54, 1.807) is 7.05 Å². The molecule has 4 nitrogen and oxygen atoms in total.